The Bertz CT molecular complexity index is 1220. The van der Waals surface area contributed by atoms with Gasteiger partial charge in [-0.3, -0.25) is 0 Å². The van der Waals surface area contributed by atoms with Crippen LogP contribution in [0.1, 0.15) is 0 Å². The number of benzene rings is 5. The summed E-state index contributed by atoms with van der Waals surface area (Å²) in [7, 11) is 0. The quantitative estimate of drug-likeness (QED) is 0.163. The summed E-state index contributed by atoms with van der Waals surface area (Å²) in [5, 5.41) is 10.7. The molecule has 106 valence electrons. The van der Waals surface area contributed by atoms with E-state index in [1.54, 1.807) is 0 Å². The van der Waals surface area contributed by atoms with Crippen molar-refractivity contribution in [3.63, 3.8) is 0 Å². The van der Waals surface area contributed by atoms with E-state index in [1.165, 1.54) is 71.1 Å². The Balaban J connectivity index is 2.01. The first-order valence-corrected chi connectivity index (χ1v) is 9.50. The summed E-state index contributed by atoms with van der Waals surface area (Å²) >= 11 is 1.30. The predicted molar refractivity (Wildman–Crippen MR) is 102 cm³/mol. The van der Waals surface area contributed by atoms with Crippen LogP contribution in [-0.4, -0.2) is 24.7 Å². The van der Waals surface area contributed by atoms with E-state index in [0.29, 0.717) is 0 Å². The first-order valence-electron chi connectivity index (χ1n) is 7.77. The molecule has 0 saturated heterocycles. The van der Waals surface area contributed by atoms with Crippen LogP contribution in [0, 0.1) is 0 Å². The van der Waals surface area contributed by atoms with Gasteiger partial charge in [-0.05, 0) is 0 Å². The minimum atomic E-state index is 1.30. The fourth-order valence-electron chi connectivity index (χ4n) is 3.51. The van der Waals surface area contributed by atoms with E-state index in [9.17, 15) is 0 Å². The van der Waals surface area contributed by atoms with Crippen LogP contribution in [0.4, 0.5) is 0 Å². The molecule has 5 aromatic carbocycles. The number of fused-ring (bicyclic) bond motifs is 5. The van der Waals surface area contributed by atoms with Gasteiger partial charge in [-0.2, -0.15) is 0 Å². The van der Waals surface area contributed by atoms with E-state index in [2.05, 4.69) is 78.9 Å². The number of rotatable bonds is 0. The van der Waals surface area contributed by atoms with Crippen molar-refractivity contribution in [3.8, 4) is 0 Å². The molecule has 0 aliphatic carbocycles. The summed E-state index contributed by atoms with van der Waals surface area (Å²) in [6.45, 7) is 0. The molecular weight excluding hydrogens is 473 g/mol. The second-order valence-corrected chi connectivity index (χ2v) is 7.93. The van der Waals surface area contributed by atoms with Crippen LogP contribution < -0.4 is 3.27 Å². The molecule has 0 fully saturated rings. The van der Waals surface area contributed by atoms with E-state index in [0.717, 1.165) is 0 Å². The van der Waals surface area contributed by atoms with Gasteiger partial charge in [-0.25, -0.2) is 0 Å². The molecule has 1 heteroatoms. The Morgan fingerprint density at radius 1 is 0.435 bits per heavy atom. The molecule has 0 spiro atoms. The van der Waals surface area contributed by atoms with Gasteiger partial charge in [0.05, 0.1) is 0 Å². The third-order valence-corrected chi connectivity index (χ3v) is 6.19. The van der Waals surface area contributed by atoms with E-state index in [4.69, 9.17) is 0 Å². The molecule has 5 aromatic rings. The van der Waals surface area contributed by atoms with Crippen molar-refractivity contribution in [1.82, 2.24) is 0 Å². The van der Waals surface area contributed by atoms with Crippen LogP contribution in [0.3, 0.4) is 0 Å². The molecule has 0 heterocycles. The fourth-order valence-corrected chi connectivity index (χ4v) is 4.59. The summed E-state index contributed by atoms with van der Waals surface area (Å²) in [5.74, 6) is 0. The fraction of sp³-hybridized carbons (Fsp3) is 0. The van der Waals surface area contributed by atoms with Crippen molar-refractivity contribution in [2.45, 2.75) is 0 Å². The van der Waals surface area contributed by atoms with Crippen LogP contribution in [0.15, 0.2) is 78.9 Å². The van der Waals surface area contributed by atoms with Crippen LogP contribution in [0.25, 0.3) is 43.1 Å². The Labute approximate surface area is 149 Å². The summed E-state index contributed by atoms with van der Waals surface area (Å²) in [4.78, 5) is 0. The van der Waals surface area contributed by atoms with Gasteiger partial charge in [0.25, 0.3) is 0 Å². The Morgan fingerprint density at radius 2 is 1.00 bits per heavy atom. The normalized spacial score (nSPS) is 11.7. The van der Waals surface area contributed by atoms with Gasteiger partial charge in [-0.1, -0.05) is 0 Å². The van der Waals surface area contributed by atoms with Gasteiger partial charge in [0.2, 0.25) is 0 Å². The average molecular weight is 486 g/mol. The molecule has 0 nitrogen and oxygen atoms in total. The summed E-state index contributed by atoms with van der Waals surface area (Å²) in [5.41, 5.74) is 0. The van der Waals surface area contributed by atoms with Crippen molar-refractivity contribution in [2.24, 2.45) is 0 Å². The van der Waals surface area contributed by atoms with E-state index >= 15 is 0 Å². The third kappa shape index (κ3) is 2.07. The molecule has 0 saturated carbocycles. The molecule has 0 bridgehead atoms. The van der Waals surface area contributed by atoms with Crippen LogP contribution in [-0.2, 0) is 0 Å². The molecule has 0 amide bonds. The second-order valence-electron chi connectivity index (χ2n) is 6.06. The van der Waals surface area contributed by atoms with Crippen molar-refractivity contribution < 1.29 is 0 Å². The van der Waals surface area contributed by atoms with Gasteiger partial charge < -0.3 is 0 Å². The van der Waals surface area contributed by atoms with Crippen molar-refractivity contribution in [3.05, 3.63) is 78.9 Å². The zero-order valence-corrected chi connectivity index (χ0v) is 15.9. The average Bonchev–Trinajstić information content (AvgIpc) is 2.59. The van der Waals surface area contributed by atoms with E-state index in [1.807, 2.05) is 0 Å². The molecule has 0 aliphatic heterocycles. The maximum absolute atomic E-state index is 2.39. The van der Waals surface area contributed by atoms with Crippen molar-refractivity contribution >= 4 is 71.1 Å². The van der Waals surface area contributed by atoms with Crippen LogP contribution in [0.2, 0.25) is 0 Å². The van der Waals surface area contributed by atoms with Crippen LogP contribution in [0.5, 0.6) is 0 Å². The van der Waals surface area contributed by atoms with Gasteiger partial charge in [0.15, 0.2) is 0 Å². The van der Waals surface area contributed by atoms with Gasteiger partial charge >= 0.3 is 150 Å². The molecule has 2 radical (unpaired) electrons. The molecule has 0 unspecified atom stereocenters. The zero-order chi connectivity index (χ0) is 15.4. The van der Waals surface area contributed by atoms with E-state index < -0.39 is 0 Å². The molecule has 0 atom stereocenters. The monoisotopic (exact) mass is 486 g/mol. The Morgan fingerprint density at radius 3 is 1.78 bits per heavy atom. The summed E-state index contributed by atoms with van der Waals surface area (Å²) in [6.07, 6.45) is 0. The van der Waals surface area contributed by atoms with E-state index in [-0.39, 0.29) is 0 Å². The summed E-state index contributed by atoms with van der Waals surface area (Å²) < 4.78 is 1.45. The number of hydrogen-bond acceptors (Lipinski definition) is 0. The van der Waals surface area contributed by atoms with Gasteiger partial charge in [-0.15, -0.1) is 0 Å². The van der Waals surface area contributed by atoms with Crippen molar-refractivity contribution in [2.75, 3.05) is 0 Å². The first kappa shape index (κ1) is 13.5. The second kappa shape index (κ2) is 5.01. The van der Waals surface area contributed by atoms with Crippen LogP contribution >= 0.6 is 0 Å². The molecular formula is C22H13Bi. The minimum absolute atomic E-state index is 1.30. The molecule has 0 aromatic heterocycles. The van der Waals surface area contributed by atoms with Gasteiger partial charge in [0, 0.05) is 0 Å². The SMILES string of the molecule is [Bi][c]1cccc2cc3ccc4cc5ccccc5cc4c3cc12. The maximum atomic E-state index is 2.39. The predicted octanol–water partition coefficient (Wildman–Crippen LogP) is 5.09. The Hall–Kier alpha value is -1.98. The molecule has 23 heavy (non-hydrogen) atoms. The zero-order valence-electron chi connectivity index (χ0n) is 12.5. The standard InChI is InChI=1S/C22H13.Bi/c1-3-7-17-13-21-19(11-15(17)5-1)9-10-20-12-16-6-2-4-8-18(16)14-22(20)21;/h1-7,9-14H;. The molecule has 0 aliphatic rings. The Kier molecular flexibility index (Phi) is 2.93. The van der Waals surface area contributed by atoms with Gasteiger partial charge in [0.1, 0.15) is 0 Å². The first-order chi connectivity index (χ1) is 11.3. The molecule has 0 N–H and O–H groups in total. The summed E-state index contributed by atoms with van der Waals surface area (Å²) in [6, 6.07) is 29.1. The topological polar surface area (TPSA) is 0 Å². The number of hydrogen-bond donors (Lipinski definition) is 0. The molecule has 5 rings (SSSR count). The van der Waals surface area contributed by atoms with Crippen molar-refractivity contribution in [1.29, 1.82) is 0 Å². The third-order valence-electron chi connectivity index (χ3n) is 4.68.